The van der Waals surface area contributed by atoms with Gasteiger partial charge in [0.25, 0.3) is 0 Å². The second kappa shape index (κ2) is 6.13. The van der Waals surface area contributed by atoms with E-state index in [0.717, 1.165) is 24.3 Å². The summed E-state index contributed by atoms with van der Waals surface area (Å²) in [5.74, 6) is -0.200. The first-order valence-electron chi connectivity index (χ1n) is 7.81. The third kappa shape index (κ3) is 2.98. The summed E-state index contributed by atoms with van der Waals surface area (Å²) < 4.78 is 13.4. The molecule has 1 heterocycles. The Morgan fingerprint density at radius 3 is 2.35 bits per heavy atom. The summed E-state index contributed by atoms with van der Waals surface area (Å²) in [7, 11) is 0. The van der Waals surface area contributed by atoms with Gasteiger partial charge in [-0.15, -0.1) is 0 Å². The van der Waals surface area contributed by atoms with Crippen molar-refractivity contribution < 1.29 is 4.39 Å². The van der Waals surface area contributed by atoms with Gasteiger partial charge in [0, 0.05) is 24.8 Å². The zero-order chi connectivity index (χ0) is 14.8. The van der Waals surface area contributed by atoms with E-state index in [-0.39, 0.29) is 11.9 Å². The number of rotatable bonds is 4. The highest BCUT2D eigenvalue weighted by atomic mass is 19.1. The standard InChI is InChI=1S/C17H27FN2/c1-4-17(5-2)8-10-20(11-9-17)16-7-6-14(18)12-15(16)13(3)19/h6-7,12-13H,4-5,8-11,19H2,1-3H3/t13-/m1/s1. The van der Waals surface area contributed by atoms with Crippen molar-refractivity contribution in [3.63, 3.8) is 0 Å². The van der Waals surface area contributed by atoms with Gasteiger partial charge in [0.15, 0.2) is 0 Å². The van der Waals surface area contributed by atoms with Crippen molar-refractivity contribution in [2.45, 2.75) is 52.5 Å². The van der Waals surface area contributed by atoms with Gasteiger partial charge in [0.1, 0.15) is 5.82 Å². The minimum atomic E-state index is -0.200. The minimum Gasteiger partial charge on any atom is -0.371 e. The lowest BCUT2D eigenvalue weighted by atomic mass is 9.74. The average molecular weight is 278 g/mol. The fourth-order valence-corrected chi connectivity index (χ4v) is 3.36. The van der Waals surface area contributed by atoms with Crippen molar-refractivity contribution >= 4 is 5.69 Å². The topological polar surface area (TPSA) is 29.3 Å². The molecule has 0 unspecified atom stereocenters. The molecule has 2 nitrogen and oxygen atoms in total. The lowest BCUT2D eigenvalue weighted by Crippen LogP contribution is -2.40. The van der Waals surface area contributed by atoms with Crippen molar-refractivity contribution in [1.82, 2.24) is 0 Å². The quantitative estimate of drug-likeness (QED) is 0.892. The molecule has 0 aliphatic carbocycles. The lowest BCUT2D eigenvalue weighted by Gasteiger charge is -2.42. The number of halogens is 1. The maximum atomic E-state index is 13.4. The minimum absolute atomic E-state index is 0.135. The molecule has 3 heteroatoms. The zero-order valence-corrected chi connectivity index (χ0v) is 13.0. The number of piperidine rings is 1. The molecule has 0 radical (unpaired) electrons. The molecule has 2 N–H and O–H groups in total. The summed E-state index contributed by atoms with van der Waals surface area (Å²) in [5, 5.41) is 0. The predicted molar refractivity (Wildman–Crippen MR) is 83.5 cm³/mol. The molecule has 0 saturated carbocycles. The Hall–Kier alpha value is -1.09. The van der Waals surface area contributed by atoms with Crippen LogP contribution in [0.5, 0.6) is 0 Å². The normalized spacial score (nSPS) is 19.9. The van der Waals surface area contributed by atoms with Crippen LogP contribution in [-0.2, 0) is 0 Å². The fraction of sp³-hybridized carbons (Fsp3) is 0.647. The molecule has 2 rings (SSSR count). The molecule has 1 saturated heterocycles. The van der Waals surface area contributed by atoms with E-state index in [1.165, 1.54) is 25.7 Å². The molecule has 1 fully saturated rings. The van der Waals surface area contributed by atoms with Crippen molar-refractivity contribution in [3.05, 3.63) is 29.6 Å². The van der Waals surface area contributed by atoms with E-state index in [1.807, 2.05) is 13.0 Å². The first-order valence-corrected chi connectivity index (χ1v) is 7.81. The van der Waals surface area contributed by atoms with Crippen molar-refractivity contribution in [1.29, 1.82) is 0 Å². The van der Waals surface area contributed by atoms with Gasteiger partial charge in [-0.05, 0) is 48.9 Å². The smallest absolute Gasteiger partial charge is 0.123 e. The van der Waals surface area contributed by atoms with Crippen LogP contribution >= 0.6 is 0 Å². The van der Waals surface area contributed by atoms with Crippen molar-refractivity contribution in [2.24, 2.45) is 11.1 Å². The summed E-state index contributed by atoms with van der Waals surface area (Å²) >= 11 is 0. The van der Waals surface area contributed by atoms with Crippen LogP contribution < -0.4 is 10.6 Å². The van der Waals surface area contributed by atoms with Gasteiger partial charge in [-0.1, -0.05) is 26.7 Å². The monoisotopic (exact) mass is 278 g/mol. The Morgan fingerprint density at radius 2 is 1.85 bits per heavy atom. The molecule has 20 heavy (non-hydrogen) atoms. The van der Waals surface area contributed by atoms with Gasteiger partial charge in [-0.2, -0.15) is 0 Å². The number of benzene rings is 1. The molecule has 0 spiro atoms. The average Bonchev–Trinajstić information content (AvgIpc) is 2.47. The number of anilines is 1. The molecule has 0 aromatic heterocycles. The third-order valence-electron chi connectivity index (χ3n) is 5.14. The number of nitrogens with two attached hydrogens (primary N) is 1. The van der Waals surface area contributed by atoms with E-state index in [4.69, 9.17) is 5.73 Å². The number of hydrogen-bond donors (Lipinski definition) is 1. The molecular formula is C17H27FN2. The first kappa shape index (κ1) is 15.3. The molecule has 1 atom stereocenters. The van der Waals surface area contributed by atoms with Crippen LogP contribution in [0, 0.1) is 11.2 Å². The maximum Gasteiger partial charge on any atom is 0.123 e. The van der Waals surface area contributed by atoms with E-state index in [2.05, 4.69) is 18.7 Å². The van der Waals surface area contributed by atoms with Crippen molar-refractivity contribution in [2.75, 3.05) is 18.0 Å². The molecule has 1 aliphatic rings. The second-order valence-electron chi connectivity index (χ2n) is 6.19. The number of hydrogen-bond acceptors (Lipinski definition) is 2. The maximum absolute atomic E-state index is 13.4. The Labute approximate surface area is 122 Å². The third-order valence-corrected chi connectivity index (χ3v) is 5.14. The zero-order valence-electron chi connectivity index (χ0n) is 13.0. The van der Waals surface area contributed by atoms with Crippen LogP contribution in [0.3, 0.4) is 0 Å². The van der Waals surface area contributed by atoms with Crippen molar-refractivity contribution in [3.8, 4) is 0 Å². The van der Waals surface area contributed by atoms with Crippen LogP contribution in [0.4, 0.5) is 10.1 Å². The molecule has 0 amide bonds. The highest BCUT2D eigenvalue weighted by Crippen LogP contribution is 2.40. The molecule has 1 aromatic carbocycles. The molecule has 112 valence electrons. The molecule has 0 bridgehead atoms. The van der Waals surface area contributed by atoms with Gasteiger partial charge in [-0.3, -0.25) is 0 Å². The van der Waals surface area contributed by atoms with E-state index < -0.39 is 0 Å². The molecule has 1 aliphatic heterocycles. The molecular weight excluding hydrogens is 251 g/mol. The van der Waals surface area contributed by atoms with Gasteiger partial charge >= 0.3 is 0 Å². The number of nitrogens with zero attached hydrogens (tertiary/aromatic N) is 1. The van der Waals surface area contributed by atoms with Gasteiger partial charge in [0.2, 0.25) is 0 Å². The summed E-state index contributed by atoms with van der Waals surface area (Å²) in [5.41, 5.74) is 8.54. The Morgan fingerprint density at radius 1 is 1.25 bits per heavy atom. The van der Waals surface area contributed by atoms with Gasteiger partial charge < -0.3 is 10.6 Å². The van der Waals surface area contributed by atoms with Crippen LogP contribution in [0.2, 0.25) is 0 Å². The molecule has 1 aromatic rings. The van der Waals surface area contributed by atoms with Gasteiger partial charge in [-0.25, -0.2) is 4.39 Å². The van der Waals surface area contributed by atoms with E-state index >= 15 is 0 Å². The fourth-order valence-electron chi connectivity index (χ4n) is 3.36. The van der Waals surface area contributed by atoms with Crippen LogP contribution in [-0.4, -0.2) is 13.1 Å². The summed E-state index contributed by atoms with van der Waals surface area (Å²) in [6.45, 7) is 8.61. The summed E-state index contributed by atoms with van der Waals surface area (Å²) in [6, 6.07) is 4.88. The SMILES string of the molecule is CCC1(CC)CCN(c2ccc(F)cc2[C@@H](C)N)CC1. The second-order valence-corrected chi connectivity index (χ2v) is 6.19. The first-order chi connectivity index (χ1) is 9.51. The van der Waals surface area contributed by atoms with Crippen LogP contribution in [0.1, 0.15) is 58.1 Å². The van der Waals surface area contributed by atoms with E-state index in [1.54, 1.807) is 12.1 Å². The Balaban J connectivity index is 2.18. The Bertz CT molecular complexity index is 442. The van der Waals surface area contributed by atoms with E-state index in [9.17, 15) is 4.39 Å². The van der Waals surface area contributed by atoms with Gasteiger partial charge in [0.05, 0.1) is 0 Å². The highest BCUT2D eigenvalue weighted by Gasteiger charge is 2.32. The largest absolute Gasteiger partial charge is 0.371 e. The van der Waals surface area contributed by atoms with Crippen LogP contribution in [0.15, 0.2) is 18.2 Å². The van der Waals surface area contributed by atoms with Crippen LogP contribution in [0.25, 0.3) is 0 Å². The summed E-state index contributed by atoms with van der Waals surface area (Å²) in [6.07, 6.45) is 4.94. The van der Waals surface area contributed by atoms with E-state index in [0.29, 0.717) is 5.41 Å². The predicted octanol–water partition coefficient (Wildman–Crippen LogP) is 4.25. The Kier molecular flexibility index (Phi) is 4.69. The highest BCUT2D eigenvalue weighted by molar-refractivity contribution is 5.55. The lowest BCUT2D eigenvalue weighted by molar-refractivity contribution is 0.199. The summed E-state index contributed by atoms with van der Waals surface area (Å²) in [4.78, 5) is 2.38.